The Morgan fingerprint density at radius 1 is 1.16 bits per heavy atom. The number of hydrogen-bond donors (Lipinski definition) is 2. The molecule has 0 unspecified atom stereocenters. The second-order valence-corrected chi connectivity index (χ2v) is 6.21. The van der Waals surface area contributed by atoms with Gasteiger partial charge in [0.15, 0.2) is 5.82 Å². The molecule has 0 aromatic carbocycles. The van der Waals surface area contributed by atoms with Crippen LogP contribution >= 0.6 is 0 Å². The van der Waals surface area contributed by atoms with Gasteiger partial charge < -0.3 is 5.32 Å². The van der Waals surface area contributed by atoms with Crippen molar-refractivity contribution in [3.8, 4) is 0 Å². The molecule has 2 N–H and O–H groups in total. The number of nitrogens with zero attached hydrogens (tertiary/aromatic N) is 3. The fourth-order valence-corrected chi connectivity index (χ4v) is 1.85. The normalized spacial score (nSPS) is 11.6. The van der Waals surface area contributed by atoms with Crippen molar-refractivity contribution < 1.29 is 8.42 Å². The van der Waals surface area contributed by atoms with E-state index in [-0.39, 0.29) is 5.82 Å². The van der Waals surface area contributed by atoms with E-state index in [1.165, 1.54) is 26.9 Å². The van der Waals surface area contributed by atoms with E-state index >= 15 is 0 Å². The first-order valence-corrected chi connectivity index (χ1v) is 7.67. The van der Waals surface area contributed by atoms with Crippen LogP contribution in [0.3, 0.4) is 0 Å². The summed E-state index contributed by atoms with van der Waals surface area (Å²) in [6.07, 6.45) is 3.41. The van der Waals surface area contributed by atoms with Crippen molar-refractivity contribution in [3.05, 3.63) is 12.1 Å². The summed E-state index contributed by atoms with van der Waals surface area (Å²) in [5, 5.41) is 10.9. The Hall–Kier alpha value is -1.41. The summed E-state index contributed by atoms with van der Waals surface area (Å²) in [5.41, 5.74) is 0. The van der Waals surface area contributed by atoms with Crippen LogP contribution in [0.25, 0.3) is 0 Å². The van der Waals surface area contributed by atoms with Gasteiger partial charge in [0.2, 0.25) is 0 Å². The zero-order chi connectivity index (χ0) is 14.3. The van der Waals surface area contributed by atoms with E-state index < -0.39 is 10.2 Å². The molecule has 1 aromatic rings. The van der Waals surface area contributed by atoms with Gasteiger partial charge in [-0.25, -0.2) is 0 Å². The average Bonchev–Trinajstić information content (AvgIpc) is 2.36. The van der Waals surface area contributed by atoms with Crippen LogP contribution in [0, 0.1) is 0 Å². The van der Waals surface area contributed by atoms with Crippen LogP contribution in [-0.4, -0.2) is 43.6 Å². The molecule has 0 bridgehead atoms. The van der Waals surface area contributed by atoms with E-state index in [9.17, 15) is 8.42 Å². The Morgan fingerprint density at radius 2 is 1.79 bits per heavy atom. The van der Waals surface area contributed by atoms with Gasteiger partial charge in [0, 0.05) is 20.6 Å². The van der Waals surface area contributed by atoms with E-state index in [4.69, 9.17) is 0 Å². The molecule has 0 saturated heterocycles. The first-order valence-electron chi connectivity index (χ1n) is 6.23. The van der Waals surface area contributed by atoms with Crippen LogP contribution in [0.1, 0.15) is 26.2 Å². The summed E-state index contributed by atoms with van der Waals surface area (Å²) in [4.78, 5) is 0. The Kier molecular flexibility index (Phi) is 5.97. The van der Waals surface area contributed by atoms with Crippen molar-refractivity contribution in [1.82, 2.24) is 14.5 Å². The van der Waals surface area contributed by atoms with Crippen LogP contribution in [-0.2, 0) is 10.2 Å². The van der Waals surface area contributed by atoms with Crippen LogP contribution in [0.2, 0.25) is 0 Å². The molecule has 1 rings (SSSR count). The predicted molar refractivity (Wildman–Crippen MR) is 76.3 cm³/mol. The Labute approximate surface area is 114 Å². The SMILES string of the molecule is CCCCCNc1ccc(NS(=O)(=O)N(C)C)nn1. The highest BCUT2D eigenvalue weighted by Crippen LogP contribution is 2.09. The van der Waals surface area contributed by atoms with Crippen molar-refractivity contribution in [2.75, 3.05) is 30.7 Å². The summed E-state index contributed by atoms with van der Waals surface area (Å²) in [6, 6.07) is 3.28. The number of unbranched alkanes of at least 4 members (excludes halogenated alkanes) is 2. The maximum absolute atomic E-state index is 11.6. The number of nitrogens with one attached hydrogen (secondary N) is 2. The lowest BCUT2D eigenvalue weighted by atomic mass is 10.2. The van der Waals surface area contributed by atoms with Gasteiger partial charge in [-0.3, -0.25) is 4.72 Å². The third kappa shape index (κ3) is 5.39. The Bertz CT molecular complexity index is 472. The molecule has 1 heterocycles. The van der Waals surface area contributed by atoms with Gasteiger partial charge in [0.1, 0.15) is 5.82 Å². The molecule has 1 aromatic heterocycles. The van der Waals surface area contributed by atoms with Crippen molar-refractivity contribution >= 4 is 21.8 Å². The lowest BCUT2D eigenvalue weighted by Crippen LogP contribution is -2.29. The Balaban J connectivity index is 2.52. The molecule has 0 radical (unpaired) electrons. The molecule has 8 heteroatoms. The first-order chi connectivity index (χ1) is 8.95. The summed E-state index contributed by atoms with van der Waals surface area (Å²) < 4.78 is 26.5. The quantitative estimate of drug-likeness (QED) is 0.704. The number of aromatic nitrogens is 2. The molecule has 7 nitrogen and oxygen atoms in total. The summed E-state index contributed by atoms with van der Waals surface area (Å²) in [6.45, 7) is 2.98. The molecule has 0 fully saturated rings. The standard InChI is InChI=1S/C11H21N5O2S/c1-4-5-6-9-12-10-7-8-11(14-13-10)15-19(17,18)16(2)3/h7-8H,4-6,9H2,1-3H3,(H,12,13)(H,14,15). The van der Waals surface area contributed by atoms with Gasteiger partial charge in [0.25, 0.3) is 0 Å². The molecule has 19 heavy (non-hydrogen) atoms. The van der Waals surface area contributed by atoms with E-state index in [1.54, 1.807) is 12.1 Å². The largest absolute Gasteiger partial charge is 0.369 e. The number of anilines is 2. The maximum Gasteiger partial charge on any atom is 0.302 e. The van der Waals surface area contributed by atoms with E-state index in [2.05, 4.69) is 27.2 Å². The van der Waals surface area contributed by atoms with Gasteiger partial charge in [0.05, 0.1) is 0 Å². The fourth-order valence-electron chi connectivity index (χ4n) is 1.30. The molecule has 0 aliphatic rings. The third-order valence-corrected chi connectivity index (χ3v) is 3.89. The summed E-state index contributed by atoms with van der Waals surface area (Å²) in [7, 11) is -0.640. The lowest BCUT2D eigenvalue weighted by molar-refractivity contribution is 0.526. The van der Waals surface area contributed by atoms with E-state index in [0.29, 0.717) is 5.82 Å². The molecular weight excluding hydrogens is 266 g/mol. The molecule has 0 aliphatic carbocycles. The van der Waals surface area contributed by atoms with Gasteiger partial charge in [-0.15, -0.1) is 10.2 Å². The van der Waals surface area contributed by atoms with Crippen molar-refractivity contribution in [1.29, 1.82) is 0 Å². The summed E-state index contributed by atoms with van der Waals surface area (Å²) in [5.74, 6) is 0.844. The minimum atomic E-state index is -3.53. The van der Waals surface area contributed by atoms with Crippen molar-refractivity contribution in [2.24, 2.45) is 0 Å². The zero-order valence-electron chi connectivity index (χ0n) is 11.5. The molecule has 0 spiro atoms. The topological polar surface area (TPSA) is 87.2 Å². The summed E-state index contributed by atoms with van der Waals surface area (Å²) >= 11 is 0. The minimum absolute atomic E-state index is 0.202. The smallest absolute Gasteiger partial charge is 0.302 e. The highest BCUT2D eigenvalue weighted by atomic mass is 32.2. The average molecular weight is 287 g/mol. The van der Waals surface area contributed by atoms with Gasteiger partial charge >= 0.3 is 10.2 Å². The minimum Gasteiger partial charge on any atom is -0.369 e. The molecule has 108 valence electrons. The van der Waals surface area contributed by atoms with Gasteiger partial charge in [-0.05, 0) is 18.6 Å². The van der Waals surface area contributed by atoms with Gasteiger partial charge in [-0.1, -0.05) is 19.8 Å². The maximum atomic E-state index is 11.6. The molecule has 0 saturated carbocycles. The zero-order valence-corrected chi connectivity index (χ0v) is 12.4. The Morgan fingerprint density at radius 3 is 2.32 bits per heavy atom. The monoisotopic (exact) mass is 287 g/mol. The number of hydrogen-bond acceptors (Lipinski definition) is 5. The van der Waals surface area contributed by atoms with Crippen LogP contribution in [0.4, 0.5) is 11.6 Å². The van der Waals surface area contributed by atoms with E-state index in [0.717, 1.165) is 17.3 Å². The fraction of sp³-hybridized carbons (Fsp3) is 0.636. The lowest BCUT2D eigenvalue weighted by Gasteiger charge is -2.12. The second kappa shape index (κ2) is 7.25. The first kappa shape index (κ1) is 15.6. The third-order valence-electron chi connectivity index (χ3n) is 2.47. The van der Waals surface area contributed by atoms with Crippen LogP contribution in [0.5, 0.6) is 0 Å². The number of rotatable bonds is 8. The predicted octanol–water partition coefficient (Wildman–Crippen LogP) is 1.30. The molecule has 0 aliphatic heterocycles. The van der Waals surface area contributed by atoms with Crippen LogP contribution < -0.4 is 10.0 Å². The molecular formula is C11H21N5O2S. The molecule has 0 amide bonds. The highest BCUT2D eigenvalue weighted by Gasteiger charge is 2.13. The van der Waals surface area contributed by atoms with Crippen molar-refractivity contribution in [3.63, 3.8) is 0 Å². The van der Waals surface area contributed by atoms with Gasteiger partial charge in [-0.2, -0.15) is 12.7 Å². The van der Waals surface area contributed by atoms with Crippen LogP contribution in [0.15, 0.2) is 12.1 Å². The van der Waals surface area contributed by atoms with Crippen molar-refractivity contribution in [2.45, 2.75) is 26.2 Å². The highest BCUT2D eigenvalue weighted by molar-refractivity contribution is 7.90. The van der Waals surface area contributed by atoms with E-state index in [1.807, 2.05) is 0 Å². The second-order valence-electron chi connectivity index (χ2n) is 4.33. The molecule has 0 atom stereocenters.